The van der Waals surface area contributed by atoms with Crippen molar-refractivity contribution in [1.29, 1.82) is 0 Å². The molecular weight excluding hydrogens is 220 g/mol. The molecule has 0 fully saturated rings. The highest BCUT2D eigenvalue weighted by Gasteiger charge is 2.28. The van der Waals surface area contributed by atoms with Gasteiger partial charge >= 0.3 is 5.97 Å². The van der Waals surface area contributed by atoms with Crippen molar-refractivity contribution in [1.82, 2.24) is 0 Å². The highest BCUT2D eigenvalue weighted by atomic mass is 16.5. The van der Waals surface area contributed by atoms with Gasteiger partial charge in [-0.25, -0.2) is 4.79 Å². The SMILES string of the molecule is C/C=C/COc1ccc2c(c1)OC(C(=O)O)C2. The van der Waals surface area contributed by atoms with Crippen molar-refractivity contribution in [3.05, 3.63) is 35.9 Å². The second-order valence-electron chi connectivity index (χ2n) is 3.80. The maximum atomic E-state index is 10.8. The van der Waals surface area contributed by atoms with Crippen molar-refractivity contribution in [3.8, 4) is 11.5 Å². The molecule has 4 heteroatoms. The first-order valence-corrected chi connectivity index (χ1v) is 5.47. The predicted octanol–water partition coefficient (Wildman–Crippen LogP) is 2.03. The molecule has 0 saturated heterocycles. The number of carbonyl (C=O) groups is 1. The summed E-state index contributed by atoms with van der Waals surface area (Å²) in [6.45, 7) is 2.42. The van der Waals surface area contributed by atoms with Gasteiger partial charge in [-0.15, -0.1) is 0 Å². The van der Waals surface area contributed by atoms with Gasteiger partial charge in [-0.2, -0.15) is 0 Å². The zero-order valence-corrected chi connectivity index (χ0v) is 9.55. The molecule has 1 heterocycles. The van der Waals surface area contributed by atoms with Crippen LogP contribution in [0.1, 0.15) is 12.5 Å². The summed E-state index contributed by atoms with van der Waals surface area (Å²) >= 11 is 0. The molecule has 0 aliphatic carbocycles. The fraction of sp³-hybridized carbons (Fsp3) is 0.308. The van der Waals surface area contributed by atoms with Gasteiger partial charge in [0.05, 0.1) is 0 Å². The van der Waals surface area contributed by atoms with Gasteiger partial charge in [-0.05, 0) is 18.6 Å². The van der Waals surface area contributed by atoms with Gasteiger partial charge in [0.15, 0.2) is 6.10 Å². The molecule has 17 heavy (non-hydrogen) atoms. The number of aliphatic carboxylic acids is 1. The largest absolute Gasteiger partial charge is 0.489 e. The van der Waals surface area contributed by atoms with Gasteiger partial charge in [0.25, 0.3) is 0 Å². The maximum Gasteiger partial charge on any atom is 0.345 e. The summed E-state index contributed by atoms with van der Waals surface area (Å²) in [5.41, 5.74) is 0.913. The quantitative estimate of drug-likeness (QED) is 0.810. The van der Waals surface area contributed by atoms with Gasteiger partial charge in [-0.3, -0.25) is 0 Å². The average molecular weight is 234 g/mol. The third-order valence-corrected chi connectivity index (χ3v) is 2.57. The zero-order valence-electron chi connectivity index (χ0n) is 9.55. The van der Waals surface area contributed by atoms with Crippen LogP contribution in [0.5, 0.6) is 11.5 Å². The van der Waals surface area contributed by atoms with E-state index in [-0.39, 0.29) is 0 Å². The number of allylic oxidation sites excluding steroid dienone is 1. The second kappa shape index (κ2) is 4.91. The fourth-order valence-electron chi connectivity index (χ4n) is 1.68. The lowest BCUT2D eigenvalue weighted by Gasteiger charge is -2.06. The number of benzene rings is 1. The molecule has 1 aliphatic rings. The number of hydrogen-bond donors (Lipinski definition) is 1. The Morgan fingerprint density at radius 3 is 3.18 bits per heavy atom. The monoisotopic (exact) mass is 234 g/mol. The standard InChI is InChI=1S/C13H14O4/c1-2-3-6-16-10-5-4-9-7-12(13(14)15)17-11(9)8-10/h2-5,8,12H,6-7H2,1H3,(H,14,15)/b3-2+. The van der Waals surface area contributed by atoms with E-state index < -0.39 is 12.1 Å². The number of rotatable bonds is 4. The van der Waals surface area contributed by atoms with Gasteiger partial charge in [-0.1, -0.05) is 18.2 Å². The molecule has 0 bridgehead atoms. The normalized spacial score (nSPS) is 17.8. The first kappa shape index (κ1) is 11.5. The molecule has 1 aliphatic heterocycles. The molecule has 0 amide bonds. The summed E-state index contributed by atoms with van der Waals surface area (Å²) in [7, 11) is 0. The fourth-order valence-corrected chi connectivity index (χ4v) is 1.68. The summed E-state index contributed by atoms with van der Waals surface area (Å²) in [5.74, 6) is 0.362. The van der Waals surface area contributed by atoms with E-state index in [1.165, 1.54) is 0 Å². The van der Waals surface area contributed by atoms with E-state index in [0.717, 1.165) is 5.56 Å². The van der Waals surface area contributed by atoms with Crippen molar-refractivity contribution in [2.45, 2.75) is 19.4 Å². The highest BCUT2D eigenvalue weighted by molar-refractivity contribution is 5.74. The van der Waals surface area contributed by atoms with Crippen LogP contribution in [-0.2, 0) is 11.2 Å². The van der Waals surface area contributed by atoms with Gasteiger partial charge in [0, 0.05) is 12.5 Å². The molecule has 90 valence electrons. The number of ether oxygens (including phenoxy) is 2. The van der Waals surface area contributed by atoms with Crippen molar-refractivity contribution in [3.63, 3.8) is 0 Å². The van der Waals surface area contributed by atoms with E-state index in [4.69, 9.17) is 14.6 Å². The Morgan fingerprint density at radius 1 is 1.65 bits per heavy atom. The molecule has 1 aromatic rings. The van der Waals surface area contributed by atoms with Crippen molar-refractivity contribution in [2.75, 3.05) is 6.61 Å². The summed E-state index contributed by atoms with van der Waals surface area (Å²) in [4.78, 5) is 10.8. The second-order valence-corrected chi connectivity index (χ2v) is 3.80. The Balaban J connectivity index is 2.07. The van der Waals surface area contributed by atoms with Gasteiger partial charge in [0.2, 0.25) is 0 Å². The Labute approximate surface area is 99.5 Å². The number of carboxylic acid groups (broad SMARTS) is 1. The molecule has 4 nitrogen and oxygen atoms in total. The molecule has 0 saturated carbocycles. The van der Waals surface area contributed by atoms with Crippen LogP contribution in [-0.4, -0.2) is 23.8 Å². The molecule has 1 atom stereocenters. The summed E-state index contributed by atoms with van der Waals surface area (Å²) < 4.78 is 10.8. The lowest BCUT2D eigenvalue weighted by molar-refractivity contribution is -0.144. The molecular formula is C13H14O4. The zero-order chi connectivity index (χ0) is 12.3. The smallest absolute Gasteiger partial charge is 0.345 e. The number of carboxylic acids is 1. The van der Waals surface area contributed by atoms with Crippen LogP contribution >= 0.6 is 0 Å². The Bertz CT molecular complexity index is 451. The minimum atomic E-state index is -0.933. The van der Waals surface area contributed by atoms with Crippen LogP contribution in [0.25, 0.3) is 0 Å². The molecule has 1 N–H and O–H groups in total. The number of fused-ring (bicyclic) bond motifs is 1. The minimum absolute atomic E-state index is 0.416. The van der Waals surface area contributed by atoms with E-state index in [1.54, 1.807) is 6.07 Å². The van der Waals surface area contributed by atoms with Crippen LogP contribution < -0.4 is 9.47 Å². The highest BCUT2D eigenvalue weighted by Crippen LogP contribution is 2.32. The predicted molar refractivity (Wildman–Crippen MR) is 62.5 cm³/mol. The topological polar surface area (TPSA) is 55.8 Å². The van der Waals surface area contributed by atoms with Gasteiger partial charge < -0.3 is 14.6 Å². The van der Waals surface area contributed by atoms with E-state index in [2.05, 4.69) is 0 Å². The van der Waals surface area contributed by atoms with Crippen LogP contribution in [0.3, 0.4) is 0 Å². The van der Waals surface area contributed by atoms with Crippen LogP contribution in [0, 0.1) is 0 Å². The van der Waals surface area contributed by atoms with Gasteiger partial charge in [0.1, 0.15) is 18.1 Å². The first-order valence-electron chi connectivity index (χ1n) is 5.47. The maximum absolute atomic E-state index is 10.8. The van der Waals surface area contributed by atoms with E-state index in [9.17, 15) is 4.79 Å². The Morgan fingerprint density at radius 2 is 2.47 bits per heavy atom. The van der Waals surface area contributed by atoms with E-state index >= 15 is 0 Å². The third-order valence-electron chi connectivity index (χ3n) is 2.57. The van der Waals surface area contributed by atoms with Crippen LogP contribution in [0.4, 0.5) is 0 Å². The number of hydrogen-bond acceptors (Lipinski definition) is 3. The van der Waals surface area contributed by atoms with Crippen molar-refractivity contribution < 1.29 is 19.4 Å². The van der Waals surface area contributed by atoms with Crippen LogP contribution in [0.15, 0.2) is 30.4 Å². The molecule has 0 spiro atoms. The molecule has 1 aromatic carbocycles. The molecule has 1 unspecified atom stereocenters. The summed E-state index contributed by atoms with van der Waals surface area (Å²) in [6, 6.07) is 5.42. The van der Waals surface area contributed by atoms with Crippen molar-refractivity contribution >= 4 is 5.97 Å². The van der Waals surface area contributed by atoms with E-state index in [0.29, 0.717) is 24.5 Å². The molecule has 0 radical (unpaired) electrons. The molecule has 2 rings (SSSR count). The Hall–Kier alpha value is -1.97. The summed E-state index contributed by atoms with van der Waals surface area (Å²) in [5, 5.41) is 8.86. The van der Waals surface area contributed by atoms with Crippen molar-refractivity contribution in [2.24, 2.45) is 0 Å². The third kappa shape index (κ3) is 2.58. The lowest BCUT2D eigenvalue weighted by Crippen LogP contribution is -2.24. The summed E-state index contributed by atoms with van der Waals surface area (Å²) in [6.07, 6.45) is 3.45. The minimum Gasteiger partial charge on any atom is -0.489 e. The Kier molecular flexibility index (Phi) is 3.32. The lowest BCUT2D eigenvalue weighted by atomic mass is 10.1. The molecule has 0 aromatic heterocycles. The first-order chi connectivity index (χ1) is 8.20. The van der Waals surface area contributed by atoms with Crippen LogP contribution in [0.2, 0.25) is 0 Å². The van der Waals surface area contributed by atoms with E-state index in [1.807, 2.05) is 31.2 Å². The average Bonchev–Trinajstić information content (AvgIpc) is 2.72.